The van der Waals surface area contributed by atoms with Crippen molar-refractivity contribution in [2.45, 2.75) is 445 Å². The molecule has 0 saturated carbocycles. The molecule has 0 spiro atoms. The zero-order valence-electron chi connectivity index (χ0n) is 65.5. The van der Waals surface area contributed by atoms with Gasteiger partial charge >= 0.3 is 39.5 Å². The highest BCUT2D eigenvalue weighted by molar-refractivity contribution is 7.47. The average Bonchev–Trinajstić information content (AvgIpc) is 0.921. The smallest absolute Gasteiger partial charge is 0.462 e. The fourth-order valence-corrected chi connectivity index (χ4v) is 14.1. The van der Waals surface area contributed by atoms with Crippen LogP contribution in [0.15, 0.2) is 0 Å². The number of esters is 4. The molecule has 7 atom stereocenters. The molecule has 3 N–H and O–H groups in total. The lowest BCUT2D eigenvalue weighted by Crippen LogP contribution is -2.30. The topological polar surface area (TPSA) is 237 Å². The molecule has 0 aliphatic rings. The van der Waals surface area contributed by atoms with Gasteiger partial charge in [0.25, 0.3) is 0 Å². The van der Waals surface area contributed by atoms with Gasteiger partial charge in [-0.05, 0) is 37.5 Å². The van der Waals surface area contributed by atoms with Crippen molar-refractivity contribution in [2.24, 2.45) is 11.8 Å². The van der Waals surface area contributed by atoms with Gasteiger partial charge in [-0.15, -0.1) is 0 Å². The van der Waals surface area contributed by atoms with Crippen LogP contribution in [-0.4, -0.2) is 96.7 Å². The third kappa shape index (κ3) is 71.7. The summed E-state index contributed by atoms with van der Waals surface area (Å²) in [5.41, 5.74) is 0. The number of phosphoric acid groups is 2. The zero-order chi connectivity index (χ0) is 73.5. The summed E-state index contributed by atoms with van der Waals surface area (Å²) in [5.74, 6) is -0.493. The van der Waals surface area contributed by atoms with Gasteiger partial charge in [0.2, 0.25) is 0 Å². The maximum Gasteiger partial charge on any atom is 0.472 e. The summed E-state index contributed by atoms with van der Waals surface area (Å²) in [6.45, 7) is 9.69. The first-order valence-electron chi connectivity index (χ1n) is 42.1. The Hall–Kier alpha value is -1.94. The summed E-state index contributed by atoms with van der Waals surface area (Å²) < 4.78 is 68.7. The maximum absolute atomic E-state index is 13.1. The molecule has 0 heterocycles. The maximum atomic E-state index is 13.1. The summed E-state index contributed by atoms with van der Waals surface area (Å²) in [6.07, 6.45) is 62.3. The van der Waals surface area contributed by atoms with E-state index < -0.39 is 97.5 Å². The van der Waals surface area contributed by atoms with Crippen LogP contribution in [0.4, 0.5) is 0 Å². The van der Waals surface area contributed by atoms with Gasteiger partial charge in [-0.3, -0.25) is 37.3 Å². The number of aliphatic hydroxyl groups is 1. The predicted molar refractivity (Wildman–Crippen MR) is 409 cm³/mol. The van der Waals surface area contributed by atoms with E-state index in [0.717, 1.165) is 102 Å². The second kappa shape index (κ2) is 72.6. The number of ether oxygens (including phenoxy) is 4. The van der Waals surface area contributed by atoms with Crippen LogP contribution in [0.25, 0.3) is 0 Å². The lowest BCUT2D eigenvalue weighted by Gasteiger charge is -2.21. The van der Waals surface area contributed by atoms with Gasteiger partial charge in [0.15, 0.2) is 12.2 Å². The first kappa shape index (κ1) is 98.1. The Bertz CT molecular complexity index is 1930. The largest absolute Gasteiger partial charge is 0.472 e. The summed E-state index contributed by atoms with van der Waals surface area (Å²) in [7, 11) is -9.92. The van der Waals surface area contributed by atoms with Crippen LogP contribution in [0.1, 0.15) is 427 Å². The van der Waals surface area contributed by atoms with Crippen LogP contribution in [0.5, 0.6) is 0 Å². The number of hydrogen-bond acceptors (Lipinski definition) is 15. The van der Waals surface area contributed by atoms with Crippen LogP contribution < -0.4 is 0 Å². The summed E-state index contributed by atoms with van der Waals surface area (Å²) in [5, 5.41) is 10.6. The van der Waals surface area contributed by atoms with Crippen molar-refractivity contribution in [3.8, 4) is 0 Å². The molecule has 0 amide bonds. The number of phosphoric ester groups is 2. The van der Waals surface area contributed by atoms with Crippen molar-refractivity contribution >= 4 is 39.5 Å². The molecule has 0 bridgehead atoms. The van der Waals surface area contributed by atoms with E-state index >= 15 is 0 Å². The summed E-state index contributed by atoms with van der Waals surface area (Å²) >= 11 is 0. The first-order valence-corrected chi connectivity index (χ1v) is 45.1. The molecule has 0 aromatic heterocycles. The van der Waals surface area contributed by atoms with Gasteiger partial charge in [-0.25, -0.2) is 9.13 Å². The van der Waals surface area contributed by atoms with Crippen LogP contribution >= 0.6 is 15.6 Å². The predicted octanol–water partition coefficient (Wildman–Crippen LogP) is 24.3. The lowest BCUT2D eigenvalue weighted by molar-refractivity contribution is -0.161. The summed E-state index contributed by atoms with van der Waals surface area (Å²) in [4.78, 5) is 73.0. The Morgan fingerprint density at radius 2 is 0.480 bits per heavy atom. The van der Waals surface area contributed by atoms with Gasteiger partial charge in [-0.2, -0.15) is 0 Å². The molecule has 0 aliphatic carbocycles. The molecule has 0 saturated heterocycles. The molecule has 4 unspecified atom stereocenters. The van der Waals surface area contributed by atoms with Crippen molar-refractivity contribution in [1.82, 2.24) is 0 Å². The number of hydrogen-bond donors (Lipinski definition) is 3. The van der Waals surface area contributed by atoms with Crippen LogP contribution in [0, 0.1) is 11.8 Å². The minimum Gasteiger partial charge on any atom is -0.462 e. The fourth-order valence-electron chi connectivity index (χ4n) is 12.5. The molecular formula is C81H158O17P2. The minimum atomic E-state index is -4.96. The van der Waals surface area contributed by atoms with Crippen molar-refractivity contribution in [3.63, 3.8) is 0 Å². The Labute approximate surface area is 613 Å². The second-order valence-electron chi connectivity index (χ2n) is 29.6. The average molecular weight is 1470 g/mol. The third-order valence-electron chi connectivity index (χ3n) is 19.7. The fraction of sp³-hybridized carbons (Fsp3) is 0.951. The highest BCUT2D eigenvalue weighted by Crippen LogP contribution is 2.45. The van der Waals surface area contributed by atoms with Crippen molar-refractivity contribution in [2.75, 3.05) is 39.6 Å². The number of unbranched alkanes of at least 4 members (excludes halogenated alkanes) is 48. The molecule has 594 valence electrons. The molecule has 0 aromatic carbocycles. The van der Waals surface area contributed by atoms with Crippen LogP contribution in [0.3, 0.4) is 0 Å². The SMILES string of the molecule is CCCCCCCCCCCCCCCCCCCCC(=O)OC[C@H](COP(=O)(O)OC[C@@H](O)COP(=O)(O)OC[C@@H](COC(=O)CCCCCCCCCCCCCC)OC(=O)CCCCCCCCCCC(C)CC)OC(=O)CCCCCCCCCCCCCCCCC(C)CC. The molecule has 19 heteroatoms. The summed E-state index contributed by atoms with van der Waals surface area (Å²) in [6, 6.07) is 0. The quantitative estimate of drug-likeness (QED) is 0.0222. The molecule has 0 radical (unpaired) electrons. The molecule has 0 rings (SSSR count). The minimum absolute atomic E-state index is 0.106. The molecular weight excluding hydrogens is 1310 g/mol. The molecule has 100 heavy (non-hydrogen) atoms. The van der Waals surface area contributed by atoms with E-state index in [9.17, 15) is 43.2 Å². The molecule has 0 fully saturated rings. The Kier molecular flexibility index (Phi) is 71.2. The van der Waals surface area contributed by atoms with Crippen molar-refractivity contribution < 1.29 is 80.2 Å². The van der Waals surface area contributed by atoms with E-state index in [0.29, 0.717) is 25.7 Å². The van der Waals surface area contributed by atoms with E-state index in [4.69, 9.17) is 37.0 Å². The first-order chi connectivity index (χ1) is 48.4. The van der Waals surface area contributed by atoms with Crippen molar-refractivity contribution in [3.05, 3.63) is 0 Å². The second-order valence-corrected chi connectivity index (χ2v) is 32.6. The normalized spacial score (nSPS) is 14.4. The Balaban J connectivity index is 5.25. The van der Waals surface area contributed by atoms with Gasteiger partial charge < -0.3 is 33.8 Å². The standard InChI is InChI=1S/C81H158O17P2/c1-7-11-13-15-17-19-21-23-24-25-26-27-31-35-39-46-52-58-64-79(84)91-69-76(97-80(85)65-59-53-47-40-36-32-29-28-30-33-37-43-49-55-61-73(5)9-3)71-95-99(87,88)93-67-75(82)68-94-100(89,90)96-72-77(98-81(86)66-60-54-48-42-41-44-50-56-62-74(6)10-4)70-92-78(83)63-57-51-45-38-34-22-20-18-16-14-12-8-2/h73-77,82H,7-72H2,1-6H3,(H,87,88)(H,89,90)/t73?,74?,75-,76-,77-/m1/s1. The van der Waals surface area contributed by atoms with Crippen LogP contribution in [-0.2, 0) is 65.4 Å². The van der Waals surface area contributed by atoms with Crippen molar-refractivity contribution in [1.29, 1.82) is 0 Å². The van der Waals surface area contributed by atoms with E-state index in [-0.39, 0.29) is 25.7 Å². The van der Waals surface area contributed by atoms with E-state index in [1.807, 2.05) is 0 Å². The van der Waals surface area contributed by atoms with E-state index in [2.05, 4.69) is 41.5 Å². The number of rotatable bonds is 80. The van der Waals surface area contributed by atoms with E-state index in [1.165, 1.54) is 244 Å². The highest BCUT2D eigenvalue weighted by atomic mass is 31.2. The van der Waals surface area contributed by atoms with Gasteiger partial charge in [0.1, 0.15) is 19.3 Å². The van der Waals surface area contributed by atoms with Gasteiger partial charge in [0, 0.05) is 25.7 Å². The monoisotopic (exact) mass is 1470 g/mol. The Morgan fingerprint density at radius 1 is 0.280 bits per heavy atom. The van der Waals surface area contributed by atoms with Gasteiger partial charge in [0.05, 0.1) is 26.4 Å². The lowest BCUT2D eigenvalue weighted by atomic mass is 9.99. The Morgan fingerprint density at radius 3 is 0.710 bits per heavy atom. The van der Waals surface area contributed by atoms with E-state index in [1.54, 1.807) is 0 Å². The molecule has 0 aliphatic heterocycles. The highest BCUT2D eigenvalue weighted by Gasteiger charge is 2.30. The zero-order valence-corrected chi connectivity index (χ0v) is 67.3. The number of carbonyl (C=O) groups excluding carboxylic acids is 4. The molecule has 17 nitrogen and oxygen atoms in total. The number of carbonyl (C=O) groups is 4. The van der Waals surface area contributed by atoms with Gasteiger partial charge in [-0.1, -0.05) is 375 Å². The third-order valence-corrected chi connectivity index (χ3v) is 21.6. The van der Waals surface area contributed by atoms with Crippen LogP contribution in [0.2, 0.25) is 0 Å². The molecule has 0 aromatic rings. The number of aliphatic hydroxyl groups excluding tert-OH is 1.